The van der Waals surface area contributed by atoms with Crippen molar-refractivity contribution in [1.82, 2.24) is 4.90 Å². The summed E-state index contributed by atoms with van der Waals surface area (Å²) in [5.74, 6) is -0.135. The second kappa shape index (κ2) is 10.6. The molecule has 1 unspecified atom stereocenters. The lowest BCUT2D eigenvalue weighted by Crippen LogP contribution is -2.27. The molecule has 1 aliphatic heterocycles. The van der Waals surface area contributed by atoms with Gasteiger partial charge in [0, 0.05) is 17.8 Å². The zero-order chi connectivity index (χ0) is 24.1. The number of ether oxygens (including phenoxy) is 1. The number of rotatable bonds is 7. The van der Waals surface area contributed by atoms with E-state index < -0.39 is 5.97 Å². The van der Waals surface area contributed by atoms with Gasteiger partial charge in [-0.25, -0.2) is 4.79 Å². The van der Waals surface area contributed by atoms with Crippen LogP contribution in [0.3, 0.4) is 0 Å². The van der Waals surface area contributed by atoms with E-state index in [0.717, 1.165) is 11.1 Å². The number of nitrogens with zero attached hydrogens (tertiary/aromatic N) is 1. The van der Waals surface area contributed by atoms with Crippen molar-refractivity contribution in [3.63, 3.8) is 0 Å². The molecule has 0 radical (unpaired) electrons. The smallest absolute Gasteiger partial charge is 0.338 e. The van der Waals surface area contributed by atoms with Gasteiger partial charge >= 0.3 is 5.97 Å². The molecule has 1 atom stereocenters. The van der Waals surface area contributed by atoms with E-state index in [1.54, 1.807) is 55.9 Å². The van der Waals surface area contributed by atoms with E-state index in [2.05, 4.69) is 5.32 Å². The highest BCUT2D eigenvalue weighted by molar-refractivity contribution is 8.00. The summed E-state index contributed by atoms with van der Waals surface area (Å²) < 4.78 is 5.09. The Morgan fingerprint density at radius 2 is 1.76 bits per heavy atom. The Morgan fingerprint density at radius 3 is 2.47 bits per heavy atom. The average molecular weight is 475 g/mol. The number of anilines is 1. The molecule has 1 heterocycles. The molecular formula is C27H26N2O4S. The Labute approximate surface area is 203 Å². The first-order chi connectivity index (χ1) is 16.5. The highest BCUT2D eigenvalue weighted by Crippen LogP contribution is 2.39. The number of carbonyl (C=O) groups is 3. The van der Waals surface area contributed by atoms with Crippen molar-refractivity contribution in [3.05, 3.63) is 101 Å². The van der Waals surface area contributed by atoms with Crippen molar-refractivity contribution in [2.75, 3.05) is 17.7 Å². The zero-order valence-corrected chi connectivity index (χ0v) is 19.9. The van der Waals surface area contributed by atoms with Gasteiger partial charge in [-0.15, -0.1) is 11.8 Å². The van der Waals surface area contributed by atoms with Crippen LogP contribution < -0.4 is 5.32 Å². The third-order valence-electron chi connectivity index (χ3n) is 5.70. The van der Waals surface area contributed by atoms with Crippen LogP contribution in [-0.4, -0.2) is 35.0 Å². The predicted molar refractivity (Wildman–Crippen MR) is 134 cm³/mol. The number of hydrogen-bond donors (Lipinski definition) is 1. The lowest BCUT2D eigenvalue weighted by molar-refractivity contribution is -0.128. The van der Waals surface area contributed by atoms with E-state index in [-0.39, 0.29) is 23.8 Å². The van der Waals surface area contributed by atoms with Crippen molar-refractivity contribution in [3.8, 4) is 0 Å². The van der Waals surface area contributed by atoms with Gasteiger partial charge in [-0.05, 0) is 54.8 Å². The molecule has 6 nitrogen and oxygen atoms in total. The standard InChI is InChI=1S/C27H26N2O4S/c1-3-33-27(32)22-10-7-11-23(18(22)2)28-25(31)20-12-14-21(15-13-20)26-29(24(30)17-34-26)16-19-8-5-4-6-9-19/h4-15,26H,3,16-17H2,1-2H3,(H,28,31). The highest BCUT2D eigenvalue weighted by Gasteiger charge is 2.32. The molecule has 3 aromatic rings. The van der Waals surface area contributed by atoms with Crippen LogP contribution in [0.25, 0.3) is 0 Å². The molecule has 3 aromatic carbocycles. The maximum absolute atomic E-state index is 12.9. The fourth-order valence-corrected chi connectivity index (χ4v) is 5.06. The number of thioether (sulfide) groups is 1. The van der Waals surface area contributed by atoms with Gasteiger partial charge in [-0.3, -0.25) is 9.59 Å². The fraction of sp³-hybridized carbons (Fsp3) is 0.222. The molecule has 2 amide bonds. The zero-order valence-electron chi connectivity index (χ0n) is 19.1. The minimum atomic E-state index is -0.413. The predicted octanol–water partition coefficient (Wildman–Crippen LogP) is 5.20. The van der Waals surface area contributed by atoms with Crippen LogP contribution in [0.5, 0.6) is 0 Å². The molecule has 1 fully saturated rings. The Morgan fingerprint density at radius 1 is 1.03 bits per heavy atom. The van der Waals surface area contributed by atoms with Gasteiger partial charge in [0.2, 0.25) is 5.91 Å². The van der Waals surface area contributed by atoms with Crippen LogP contribution >= 0.6 is 11.8 Å². The first-order valence-corrected chi connectivity index (χ1v) is 12.2. The van der Waals surface area contributed by atoms with Crippen molar-refractivity contribution in [1.29, 1.82) is 0 Å². The van der Waals surface area contributed by atoms with Gasteiger partial charge in [-0.1, -0.05) is 48.5 Å². The van der Waals surface area contributed by atoms with Crippen molar-refractivity contribution in [2.45, 2.75) is 25.8 Å². The SMILES string of the molecule is CCOC(=O)c1cccc(NC(=O)c2ccc(C3SCC(=O)N3Cc3ccccc3)cc2)c1C. The molecule has 4 rings (SSSR count). The van der Waals surface area contributed by atoms with E-state index in [1.165, 1.54) is 0 Å². The first kappa shape index (κ1) is 23.6. The topological polar surface area (TPSA) is 75.7 Å². The summed E-state index contributed by atoms with van der Waals surface area (Å²) in [7, 11) is 0. The van der Waals surface area contributed by atoms with E-state index >= 15 is 0 Å². The molecule has 1 N–H and O–H groups in total. The number of carbonyl (C=O) groups excluding carboxylic acids is 3. The second-order valence-electron chi connectivity index (χ2n) is 7.95. The highest BCUT2D eigenvalue weighted by atomic mass is 32.2. The van der Waals surface area contributed by atoms with Crippen molar-refractivity contribution in [2.24, 2.45) is 0 Å². The summed E-state index contributed by atoms with van der Waals surface area (Å²) in [5, 5.41) is 2.80. The molecule has 0 bridgehead atoms. The average Bonchev–Trinajstić information content (AvgIpc) is 3.21. The maximum Gasteiger partial charge on any atom is 0.338 e. The minimum absolute atomic E-state index is 0.0895. The summed E-state index contributed by atoms with van der Waals surface area (Å²) in [5.41, 5.74) is 4.20. The maximum atomic E-state index is 12.9. The molecule has 7 heteroatoms. The Kier molecular flexibility index (Phi) is 7.33. The number of amides is 2. The van der Waals surface area contributed by atoms with E-state index in [4.69, 9.17) is 4.74 Å². The Hall–Kier alpha value is -3.58. The lowest BCUT2D eigenvalue weighted by Gasteiger charge is -2.24. The molecule has 1 saturated heterocycles. The first-order valence-electron chi connectivity index (χ1n) is 11.1. The molecule has 34 heavy (non-hydrogen) atoms. The lowest BCUT2D eigenvalue weighted by atomic mass is 10.1. The molecule has 0 saturated carbocycles. The largest absolute Gasteiger partial charge is 0.462 e. The van der Waals surface area contributed by atoms with Gasteiger partial charge in [0.25, 0.3) is 5.91 Å². The molecule has 174 valence electrons. The van der Waals surface area contributed by atoms with E-state index in [1.807, 2.05) is 47.4 Å². The number of esters is 1. The van der Waals surface area contributed by atoms with Crippen LogP contribution in [-0.2, 0) is 16.1 Å². The van der Waals surface area contributed by atoms with Gasteiger partial charge in [-0.2, -0.15) is 0 Å². The third kappa shape index (κ3) is 5.15. The molecule has 1 aliphatic rings. The molecule has 0 aliphatic carbocycles. The monoisotopic (exact) mass is 474 g/mol. The van der Waals surface area contributed by atoms with E-state index in [9.17, 15) is 14.4 Å². The second-order valence-corrected chi connectivity index (χ2v) is 9.01. The van der Waals surface area contributed by atoms with Crippen LogP contribution in [0.4, 0.5) is 5.69 Å². The molecule has 0 aromatic heterocycles. The molecular weight excluding hydrogens is 448 g/mol. The summed E-state index contributed by atoms with van der Waals surface area (Å²) in [6.07, 6.45) is 0. The van der Waals surface area contributed by atoms with Gasteiger partial charge in [0.1, 0.15) is 5.37 Å². The quantitative estimate of drug-likeness (QED) is 0.477. The van der Waals surface area contributed by atoms with Crippen LogP contribution in [0.15, 0.2) is 72.8 Å². The van der Waals surface area contributed by atoms with Gasteiger partial charge < -0.3 is 15.0 Å². The fourth-order valence-electron chi connectivity index (χ4n) is 3.88. The number of nitrogens with one attached hydrogen (secondary N) is 1. The summed E-state index contributed by atoms with van der Waals surface area (Å²) >= 11 is 1.59. The third-order valence-corrected chi connectivity index (χ3v) is 6.96. The number of hydrogen-bond acceptors (Lipinski definition) is 5. The van der Waals surface area contributed by atoms with E-state index in [0.29, 0.717) is 34.7 Å². The summed E-state index contributed by atoms with van der Waals surface area (Å²) in [6, 6.07) is 22.4. The van der Waals surface area contributed by atoms with Crippen molar-refractivity contribution < 1.29 is 19.1 Å². The Balaban J connectivity index is 1.47. The van der Waals surface area contributed by atoms with Crippen molar-refractivity contribution >= 4 is 35.2 Å². The van der Waals surface area contributed by atoms with Gasteiger partial charge in [0.05, 0.1) is 17.9 Å². The number of benzene rings is 3. The minimum Gasteiger partial charge on any atom is -0.462 e. The summed E-state index contributed by atoms with van der Waals surface area (Å²) in [6.45, 7) is 4.37. The Bertz CT molecular complexity index is 1200. The van der Waals surface area contributed by atoms with Crippen LogP contribution in [0.2, 0.25) is 0 Å². The van der Waals surface area contributed by atoms with Gasteiger partial charge in [0.15, 0.2) is 0 Å². The van der Waals surface area contributed by atoms with Crippen LogP contribution in [0, 0.1) is 6.92 Å². The summed E-state index contributed by atoms with van der Waals surface area (Å²) in [4.78, 5) is 39.4. The normalized spacial score (nSPS) is 15.3. The van der Waals surface area contributed by atoms with Crippen LogP contribution in [0.1, 0.15) is 49.7 Å². The molecule has 0 spiro atoms.